The molecule has 1 N–H and O–H groups in total. The summed E-state index contributed by atoms with van der Waals surface area (Å²) < 4.78 is 0. The molecule has 4 rings (SSSR count). The molecule has 170 valence electrons. The molecule has 1 aliphatic rings. The van der Waals surface area contributed by atoms with Gasteiger partial charge in [-0.25, -0.2) is 9.97 Å². The molecule has 1 saturated heterocycles. The average molecular weight is 443 g/mol. The van der Waals surface area contributed by atoms with Crippen LogP contribution in [0, 0.1) is 11.3 Å². The Labute approximate surface area is 195 Å². The standard InChI is InChI=1S/C26H30N6O/c1-2-3-13-28-26(33)21(18-27)24-25(30-23-12-8-7-11-22(23)29-24)32-16-14-31(15-17-32)19-20-9-5-4-6-10-20/h4-12,21H,2-3,13-17,19H2,1H3,(H,28,33). The number of amides is 1. The number of fused-ring (bicyclic) bond motifs is 1. The third-order valence-corrected chi connectivity index (χ3v) is 5.99. The highest BCUT2D eigenvalue weighted by molar-refractivity contribution is 5.88. The van der Waals surface area contributed by atoms with Gasteiger partial charge in [-0.1, -0.05) is 55.8 Å². The van der Waals surface area contributed by atoms with E-state index in [-0.39, 0.29) is 5.91 Å². The van der Waals surface area contributed by atoms with Crippen molar-refractivity contribution in [1.82, 2.24) is 20.2 Å². The average Bonchev–Trinajstić information content (AvgIpc) is 2.85. The molecule has 1 amide bonds. The fraction of sp³-hybridized carbons (Fsp3) is 0.385. The number of unbranched alkanes of at least 4 members (excludes halogenated alkanes) is 1. The third-order valence-electron chi connectivity index (χ3n) is 5.99. The quantitative estimate of drug-likeness (QED) is 0.538. The zero-order chi connectivity index (χ0) is 23.0. The molecule has 1 atom stereocenters. The van der Waals surface area contributed by atoms with Gasteiger partial charge in [-0.15, -0.1) is 0 Å². The largest absolute Gasteiger partial charge is 0.355 e. The second-order valence-electron chi connectivity index (χ2n) is 8.38. The molecule has 0 bridgehead atoms. The Balaban J connectivity index is 1.57. The van der Waals surface area contributed by atoms with Gasteiger partial charge in [0.15, 0.2) is 11.7 Å². The number of nitriles is 1. The first kappa shape index (κ1) is 22.7. The lowest BCUT2D eigenvalue weighted by atomic mass is 10.0. The molecule has 1 unspecified atom stereocenters. The molecule has 0 spiro atoms. The van der Waals surface area contributed by atoms with Crippen LogP contribution in [0.15, 0.2) is 54.6 Å². The predicted octanol–water partition coefficient (Wildman–Crippen LogP) is 3.48. The topological polar surface area (TPSA) is 85.1 Å². The number of rotatable bonds is 8. The van der Waals surface area contributed by atoms with Gasteiger partial charge in [0, 0.05) is 39.3 Å². The molecule has 1 aliphatic heterocycles. The molecular formula is C26H30N6O. The Morgan fingerprint density at radius 2 is 1.70 bits per heavy atom. The summed E-state index contributed by atoms with van der Waals surface area (Å²) in [5, 5.41) is 12.8. The van der Waals surface area contributed by atoms with Crippen molar-refractivity contribution in [3.8, 4) is 6.07 Å². The van der Waals surface area contributed by atoms with Crippen LogP contribution in [0.1, 0.15) is 36.9 Å². The SMILES string of the molecule is CCCCNC(=O)C(C#N)c1nc2ccccc2nc1N1CCN(Cc2ccccc2)CC1. The molecule has 1 aromatic heterocycles. The molecule has 1 fully saturated rings. The first-order valence-corrected chi connectivity index (χ1v) is 11.6. The number of carbonyl (C=O) groups excluding carboxylic acids is 1. The van der Waals surface area contributed by atoms with E-state index in [0.717, 1.165) is 51.1 Å². The van der Waals surface area contributed by atoms with E-state index >= 15 is 0 Å². The van der Waals surface area contributed by atoms with Crippen molar-refractivity contribution < 1.29 is 4.79 Å². The van der Waals surface area contributed by atoms with E-state index < -0.39 is 5.92 Å². The molecule has 0 aliphatic carbocycles. The molecule has 3 aromatic rings. The van der Waals surface area contributed by atoms with E-state index in [1.807, 2.05) is 30.3 Å². The Hall–Kier alpha value is -3.50. The number of para-hydroxylation sites is 2. The first-order valence-electron chi connectivity index (χ1n) is 11.6. The molecular weight excluding hydrogens is 412 g/mol. The van der Waals surface area contributed by atoms with Crippen molar-refractivity contribution in [3.63, 3.8) is 0 Å². The van der Waals surface area contributed by atoms with Gasteiger partial charge in [0.25, 0.3) is 0 Å². The Kier molecular flexibility index (Phi) is 7.48. The Morgan fingerprint density at radius 1 is 1.03 bits per heavy atom. The fourth-order valence-corrected chi connectivity index (χ4v) is 4.12. The summed E-state index contributed by atoms with van der Waals surface area (Å²) in [4.78, 5) is 27.1. The summed E-state index contributed by atoms with van der Waals surface area (Å²) >= 11 is 0. The van der Waals surface area contributed by atoms with Crippen LogP contribution in [0.4, 0.5) is 5.82 Å². The lowest BCUT2D eigenvalue weighted by Crippen LogP contribution is -2.47. The van der Waals surface area contributed by atoms with Crippen molar-refractivity contribution in [2.24, 2.45) is 0 Å². The monoisotopic (exact) mass is 442 g/mol. The highest BCUT2D eigenvalue weighted by atomic mass is 16.1. The van der Waals surface area contributed by atoms with Crippen LogP contribution in [-0.2, 0) is 11.3 Å². The van der Waals surface area contributed by atoms with Gasteiger partial charge in [0.1, 0.15) is 5.69 Å². The van der Waals surface area contributed by atoms with E-state index in [1.165, 1.54) is 5.56 Å². The lowest BCUT2D eigenvalue weighted by Gasteiger charge is -2.36. The van der Waals surface area contributed by atoms with E-state index in [0.29, 0.717) is 23.6 Å². The number of carbonyl (C=O) groups is 1. The summed E-state index contributed by atoms with van der Waals surface area (Å²) in [7, 11) is 0. The number of hydrogen-bond acceptors (Lipinski definition) is 6. The summed E-state index contributed by atoms with van der Waals surface area (Å²) in [5.41, 5.74) is 3.21. The Bertz CT molecular complexity index is 1120. The smallest absolute Gasteiger partial charge is 0.243 e. The number of nitrogens with zero attached hydrogens (tertiary/aromatic N) is 5. The number of hydrogen-bond donors (Lipinski definition) is 1. The van der Waals surface area contributed by atoms with Crippen molar-refractivity contribution in [2.75, 3.05) is 37.6 Å². The maximum Gasteiger partial charge on any atom is 0.243 e. The number of anilines is 1. The second-order valence-corrected chi connectivity index (χ2v) is 8.38. The van der Waals surface area contributed by atoms with Crippen LogP contribution >= 0.6 is 0 Å². The van der Waals surface area contributed by atoms with Crippen LogP contribution in [0.25, 0.3) is 11.0 Å². The van der Waals surface area contributed by atoms with Crippen molar-refractivity contribution in [2.45, 2.75) is 32.2 Å². The van der Waals surface area contributed by atoms with Crippen LogP contribution in [-0.4, -0.2) is 53.5 Å². The lowest BCUT2D eigenvalue weighted by molar-refractivity contribution is -0.121. The van der Waals surface area contributed by atoms with Crippen molar-refractivity contribution in [3.05, 3.63) is 65.9 Å². The number of benzene rings is 2. The Morgan fingerprint density at radius 3 is 2.36 bits per heavy atom. The van der Waals surface area contributed by atoms with E-state index in [9.17, 15) is 10.1 Å². The van der Waals surface area contributed by atoms with Gasteiger partial charge in [0.05, 0.1) is 17.1 Å². The van der Waals surface area contributed by atoms with Crippen molar-refractivity contribution >= 4 is 22.8 Å². The van der Waals surface area contributed by atoms with Gasteiger partial charge in [0.2, 0.25) is 5.91 Å². The number of nitrogens with one attached hydrogen (secondary N) is 1. The minimum Gasteiger partial charge on any atom is -0.355 e. The van der Waals surface area contributed by atoms with Crippen LogP contribution < -0.4 is 10.2 Å². The minimum atomic E-state index is -0.990. The van der Waals surface area contributed by atoms with E-state index in [1.54, 1.807) is 0 Å². The molecule has 0 saturated carbocycles. The summed E-state index contributed by atoms with van der Waals surface area (Å²) in [6.07, 6.45) is 1.86. The first-order chi connectivity index (χ1) is 16.2. The molecule has 33 heavy (non-hydrogen) atoms. The van der Waals surface area contributed by atoms with Crippen LogP contribution in [0.2, 0.25) is 0 Å². The van der Waals surface area contributed by atoms with Gasteiger partial charge in [-0.2, -0.15) is 5.26 Å². The predicted molar refractivity (Wildman–Crippen MR) is 130 cm³/mol. The maximum atomic E-state index is 12.8. The molecule has 7 nitrogen and oxygen atoms in total. The highest BCUT2D eigenvalue weighted by Gasteiger charge is 2.30. The maximum absolute atomic E-state index is 12.8. The van der Waals surface area contributed by atoms with Gasteiger partial charge in [-0.3, -0.25) is 9.69 Å². The summed E-state index contributed by atoms with van der Waals surface area (Å²) in [5.74, 6) is -0.652. The second kappa shape index (κ2) is 10.9. The van der Waals surface area contributed by atoms with Gasteiger partial charge >= 0.3 is 0 Å². The van der Waals surface area contributed by atoms with E-state index in [2.05, 4.69) is 52.4 Å². The zero-order valence-electron chi connectivity index (χ0n) is 19.1. The normalized spacial score (nSPS) is 15.2. The number of aromatic nitrogens is 2. The van der Waals surface area contributed by atoms with E-state index in [4.69, 9.17) is 9.97 Å². The third kappa shape index (κ3) is 5.47. The van der Waals surface area contributed by atoms with Crippen LogP contribution in [0.5, 0.6) is 0 Å². The summed E-state index contributed by atoms with van der Waals surface area (Å²) in [6, 6.07) is 20.3. The number of piperazine rings is 1. The highest BCUT2D eigenvalue weighted by Crippen LogP contribution is 2.28. The molecule has 2 heterocycles. The minimum absolute atomic E-state index is 0.306. The molecule has 2 aromatic carbocycles. The van der Waals surface area contributed by atoms with Crippen LogP contribution in [0.3, 0.4) is 0 Å². The summed E-state index contributed by atoms with van der Waals surface area (Å²) in [6.45, 7) is 6.82. The zero-order valence-corrected chi connectivity index (χ0v) is 19.1. The van der Waals surface area contributed by atoms with Crippen molar-refractivity contribution in [1.29, 1.82) is 5.26 Å². The molecule has 7 heteroatoms. The fourth-order valence-electron chi connectivity index (χ4n) is 4.12. The van der Waals surface area contributed by atoms with Gasteiger partial charge in [-0.05, 0) is 24.1 Å². The van der Waals surface area contributed by atoms with Gasteiger partial charge < -0.3 is 10.2 Å². The molecule has 0 radical (unpaired) electrons.